The molecule has 1 unspecified atom stereocenters. The molecule has 1 aromatic rings. The van der Waals surface area contributed by atoms with Crippen molar-refractivity contribution in [2.45, 2.75) is 32.9 Å². The summed E-state index contributed by atoms with van der Waals surface area (Å²) < 4.78 is 0. The van der Waals surface area contributed by atoms with Gasteiger partial charge in [-0.25, -0.2) is 0 Å². The molecule has 0 aliphatic carbocycles. The number of benzene rings is 1. The van der Waals surface area contributed by atoms with Crippen molar-refractivity contribution in [2.75, 3.05) is 26.2 Å². The summed E-state index contributed by atoms with van der Waals surface area (Å²) in [6, 6.07) is 8.42. The molecule has 1 N–H and O–H groups in total. The van der Waals surface area contributed by atoms with Crippen LogP contribution in [-0.4, -0.2) is 53.8 Å². The standard InChI is InChI=1S/C18H25N3O2/c1-13-3-5-15(6-4-13)11-20-12-16(9-17(20)22)18(23)21-8-7-19-10-14(21)2/h3-6,14,16,19H,7-12H2,1-2H3/t14-,16?/m0/s1. The van der Waals surface area contributed by atoms with E-state index in [1.54, 1.807) is 0 Å². The summed E-state index contributed by atoms with van der Waals surface area (Å²) in [6.45, 7) is 7.66. The van der Waals surface area contributed by atoms with Crippen molar-refractivity contribution >= 4 is 11.8 Å². The zero-order valence-electron chi connectivity index (χ0n) is 13.9. The Hall–Kier alpha value is -1.88. The van der Waals surface area contributed by atoms with Crippen molar-refractivity contribution in [2.24, 2.45) is 5.92 Å². The molecule has 0 spiro atoms. The molecule has 2 aliphatic heterocycles. The van der Waals surface area contributed by atoms with E-state index in [9.17, 15) is 9.59 Å². The fraction of sp³-hybridized carbons (Fsp3) is 0.556. The van der Waals surface area contributed by atoms with E-state index in [2.05, 4.69) is 36.5 Å². The van der Waals surface area contributed by atoms with Gasteiger partial charge < -0.3 is 15.1 Å². The number of rotatable bonds is 3. The maximum Gasteiger partial charge on any atom is 0.228 e. The van der Waals surface area contributed by atoms with Gasteiger partial charge in [-0.05, 0) is 19.4 Å². The second kappa shape index (κ2) is 6.71. The van der Waals surface area contributed by atoms with Gasteiger partial charge in [-0.15, -0.1) is 0 Å². The topological polar surface area (TPSA) is 52.7 Å². The van der Waals surface area contributed by atoms with E-state index in [-0.39, 0.29) is 23.8 Å². The van der Waals surface area contributed by atoms with Crippen molar-refractivity contribution in [3.63, 3.8) is 0 Å². The molecule has 5 heteroatoms. The lowest BCUT2D eigenvalue weighted by atomic mass is 10.1. The van der Waals surface area contributed by atoms with Crippen LogP contribution in [0.5, 0.6) is 0 Å². The van der Waals surface area contributed by atoms with Crippen LogP contribution in [0.25, 0.3) is 0 Å². The number of likely N-dealkylation sites (tertiary alicyclic amines) is 1. The predicted octanol–water partition coefficient (Wildman–Crippen LogP) is 1.16. The Morgan fingerprint density at radius 2 is 2.04 bits per heavy atom. The number of nitrogens with zero attached hydrogens (tertiary/aromatic N) is 2. The van der Waals surface area contributed by atoms with E-state index in [1.165, 1.54) is 5.56 Å². The molecule has 0 radical (unpaired) electrons. The second-order valence-electron chi connectivity index (χ2n) is 6.75. The first-order chi connectivity index (χ1) is 11.0. The van der Waals surface area contributed by atoms with E-state index in [4.69, 9.17) is 0 Å². The molecule has 1 aromatic carbocycles. The van der Waals surface area contributed by atoms with Gasteiger partial charge in [0.1, 0.15) is 0 Å². The number of nitrogens with one attached hydrogen (secondary N) is 1. The highest BCUT2D eigenvalue weighted by atomic mass is 16.2. The zero-order chi connectivity index (χ0) is 16.4. The number of aryl methyl sites for hydroxylation is 1. The molecular formula is C18H25N3O2. The Bertz CT molecular complexity index is 584. The summed E-state index contributed by atoms with van der Waals surface area (Å²) in [6.07, 6.45) is 0.349. The molecule has 0 aromatic heterocycles. The van der Waals surface area contributed by atoms with Crippen LogP contribution in [-0.2, 0) is 16.1 Å². The lowest BCUT2D eigenvalue weighted by Crippen LogP contribution is -2.54. The fourth-order valence-corrected chi connectivity index (χ4v) is 3.41. The molecule has 2 atom stereocenters. The minimum Gasteiger partial charge on any atom is -0.338 e. The Morgan fingerprint density at radius 3 is 2.74 bits per heavy atom. The third kappa shape index (κ3) is 3.55. The van der Waals surface area contributed by atoms with Crippen molar-refractivity contribution < 1.29 is 9.59 Å². The average molecular weight is 315 g/mol. The molecule has 2 fully saturated rings. The van der Waals surface area contributed by atoms with Crippen molar-refractivity contribution in [1.82, 2.24) is 15.1 Å². The molecule has 3 rings (SSSR count). The van der Waals surface area contributed by atoms with Crippen LogP contribution in [0.4, 0.5) is 0 Å². The average Bonchev–Trinajstić information content (AvgIpc) is 2.90. The summed E-state index contributed by atoms with van der Waals surface area (Å²) in [4.78, 5) is 28.7. The number of hydrogen-bond donors (Lipinski definition) is 1. The highest BCUT2D eigenvalue weighted by Crippen LogP contribution is 2.23. The molecule has 2 saturated heterocycles. The summed E-state index contributed by atoms with van der Waals surface area (Å²) in [5, 5.41) is 3.29. The molecule has 0 bridgehead atoms. The van der Waals surface area contributed by atoms with Gasteiger partial charge >= 0.3 is 0 Å². The van der Waals surface area contributed by atoms with Crippen LogP contribution >= 0.6 is 0 Å². The smallest absolute Gasteiger partial charge is 0.228 e. The Morgan fingerprint density at radius 1 is 1.30 bits per heavy atom. The Kier molecular flexibility index (Phi) is 4.66. The van der Waals surface area contributed by atoms with Crippen LogP contribution in [0.2, 0.25) is 0 Å². The quantitative estimate of drug-likeness (QED) is 0.911. The van der Waals surface area contributed by atoms with Crippen LogP contribution < -0.4 is 5.32 Å². The van der Waals surface area contributed by atoms with E-state index in [1.807, 2.05) is 16.7 Å². The maximum absolute atomic E-state index is 12.7. The van der Waals surface area contributed by atoms with Crippen LogP contribution in [0, 0.1) is 12.8 Å². The maximum atomic E-state index is 12.7. The monoisotopic (exact) mass is 315 g/mol. The van der Waals surface area contributed by atoms with Gasteiger partial charge in [0.2, 0.25) is 11.8 Å². The molecule has 124 valence electrons. The number of carbonyl (C=O) groups is 2. The van der Waals surface area contributed by atoms with Crippen LogP contribution in [0.3, 0.4) is 0 Å². The van der Waals surface area contributed by atoms with Gasteiger partial charge in [0.25, 0.3) is 0 Å². The zero-order valence-corrected chi connectivity index (χ0v) is 13.9. The normalized spacial score (nSPS) is 25.0. The third-order valence-electron chi connectivity index (χ3n) is 4.84. The minimum atomic E-state index is -0.187. The first-order valence-electron chi connectivity index (χ1n) is 8.39. The summed E-state index contributed by atoms with van der Waals surface area (Å²) >= 11 is 0. The van der Waals surface area contributed by atoms with Crippen molar-refractivity contribution in [3.05, 3.63) is 35.4 Å². The van der Waals surface area contributed by atoms with Crippen molar-refractivity contribution in [3.8, 4) is 0 Å². The third-order valence-corrected chi connectivity index (χ3v) is 4.84. The van der Waals surface area contributed by atoms with E-state index >= 15 is 0 Å². The van der Waals surface area contributed by atoms with Gasteiger partial charge in [-0.1, -0.05) is 29.8 Å². The largest absolute Gasteiger partial charge is 0.338 e. The highest BCUT2D eigenvalue weighted by molar-refractivity contribution is 5.89. The number of piperazine rings is 1. The Labute approximate surface area is 137 Å². The fourth-order valence-electron chi connectivity index (χ4n) is 3.41. The molecular weight excluding hydrogens is 290 g/mol. The lowest BCUT2D eigenvalue weighted by Gasteiger charge is -2.35. The van der Waals surface area contributed by atoms with Gasteiger partial charge in [0.05, 0.1) is 5.92 Å². The molecule has 23 heavy (non-hydrogen) atoms. The van der Waals surface area contributed by atoms with Gasteiger partial charge in [-0.2, -0.15) is 0 Å². The Balaban J connectivity index is 1.62. The molecule has 2 aliphatic rings. The first kappa shape index (κ1) is 16.0. The molecule has 2 heterocycles. The lowest BCUT2D eigenvalue weighted by molar-refractivity contribution is -0.138. The van der Waals surface area contributed by atoms with Gasteiger partial charge in [0.15, 0.2) is 0 Å². The van der Waals surface area contributed by atoms with E-state index < -0.39 is 0 Å². The first-order valence-corrected chi connectivity index (χ1v) is 8.39. The summed E-state index contributed by atoms with van der Waals surface area (Å²) in [7, 11) is 0. The van der Waals surface area contributed by atoms with Crippen LogP contribution in [0.1, 0.15) is 24.5 Å². The molecule has 5 nitrogen and oxygen atoms in total. The van der Waals surface area contributed by atoms with Crippen LogP contribution in [0.15, 0.2) is 24.3 Å². The SMILES string of the molecule is Cc1ccc(CN2CC(C(=O)N3CCNC[C@@H]3C)CC2=O)cc1. The summed E-state index contributed by atoms with van der Waals surface area (Å²) in [5.74, 6) is 0.0407. The van der Waals surface area contributed by atoms with Gasteiger partial charge in [0, 0.05) is 45.2 Å². The van der Waals surface area contributed by atoms with E-state index in [0.29, 0.717) is 19.5 Å². The molecule has 0 saturated carbocycles. The van der Waals surface area contributed by atoms with Gasteiger partial charge in [-0.3, -0.25) is 9.59 Å². The number of hydrogen-bond acceptors (Lipinski definition) is 3. The van der Waals surface area contributed by atoms with E-state index in [0.717, 1.165) is 25.2 Å². The molecule has 2 amide bonds. The number of amides is 2. The second-order valence-corrected chi connectivity index (χ2v) is 6.75. The highest BCUT2D eigenvalue weighted by Gasteiger charge is 2.38. The summed E-state index contributed by atoms with van der Waals surface area (Å²) in [5.41, 5.74) is 2.33. The predicted molar refractivity (Wildman–Crippen MR) is 88.7 cm³/mol. The number of carbonyl (C=O) groups excluding carboxylic acids is 2. The van der Waals surface area contributed by atoms with Crippen molar-refractivity contribution in [1.29, 1.82) is 0 Å². The minimum absolute atomic E-state index is 0.0895.